The third-order valence-electron chi connectivity index (χ3n) is 5.51. The second-order valence-corrected chi connectivity index (χ2v) is 8.95. The first-order valence-electron chi connectivity index (χ1n) is 11.1. The molecular weight excluding hydrogens is 426 g/mol. The van der Waals surface area contributed by atoms with Crippen molar-refractivity contribution in [1.82, 2.24) is 36.2 Å². The Morgan fingerprint density at radius 2 is 2.03 bits per heavy atom. The molecular formula is C22H29N7O2S. The summed E-state index contributed by atoms with van der Waals surface area (Å²) in [5.41, 5.74) is 1.59. The van der Waals surface area contributed by atoms with Crippen molar-refractivity contribution in [3.63, 3.8) is 0 Å². The molecule has 170 valence electrons. The molecule has 0 aliphatic carbocycles. The zero-order chi connectivity index (χ0) is 22.3. The summed E-state index contributed by atoms with van der Waals surface area (Å²) in [6.45, 7) is 4.59. The predicted molar refractivity (Wildman–Crippen MR) is 125 cm³/mol. The molecule has 3 amide bonds. The van der Waals surface area contributed by atoms with E-state index in [1.54, 1.807) is 6.20 Å². The first-order chi connectivity index (χ1) is 15.6. The molecule has 0 saturated carbocycles. The normalized spacial score (nSPS) is 15.4. The molecule has 4 rings (SSSR count). The molecule has 1 aromatic carbocycles. The topological polar surface area (TPSA) is 124 Å². The molecule has 1 aliphatic heterocycles. The van der Waals surface area contributed by atoms with Crippen LogP contribution >= 0.6 is 11.3 Å². The van der Waals surface area contributed by atoms with Gasteiger partial charge in [0, 0.05) is 17.6 Å². The number of carbonyl (C=O) groups is 2. The van der Waals surface area contributed by atoms with E-state index in [1.165, 1.54) is 11.3 Å². The van der Waals surface area contributed by atoms with Crippen LogP contribution in [0.25, 0.3) is 11.0 Å². The molecule has 1 saturated heterocycles. The highest BCUT2D eigenvalue weighted by Crippen LogP contribution is 2.29. The van der Waals surface area contributed by atoms with Gasteiger partial charge in [-0.3, -0.25) is 4.79 Å². The van der Waals surface area contributed by atoms with Crippen LogP contribution in [0, 0.1) is 0 Å². The number of unbranched alkanes of at least 4 members (excludes halogenated alkanes) is 1. The fraction of sp³-hybridized carbons (Fsp3) is 0.455. The summed E-state index contributed by atoms with van der Waals surface area (Å²) in [6, 6.07) is 7.21. The van der Waals surface area contributed by atoms with Crippen LogP contribution in [-0.4, -0.2) is 46.5 Å². The lowest BCUT2D eigenvalue weighted by Crippen LogP contribution is -2.46. The maximum atomic E-state index is 13.0. The van der Waals surface area contributed by atoms with Crippen molar-refractivity contribution in [3.8, 4) is 0 Å². The number of nitrogens with one attached hydrogen (secondary N) is 5. The molecule has 0 radical (unpaired) electrons. The van der Waals surface area contributed by atoms with Gasteiger partial charge in [-0.2, -0.15) is 0 Å². The third-order valence-corrected chi connectivity index (χ3v) is 6.67. The zero-order valence-corrected chi connectivity index (χ0v) is 18.9. The lowest BCUT2D eigenvalue weighted by atomic mass is 9.97. The van der Waals surface area contributed by atoms with E-state index in [0.29, 0.717) is 23.3 Å². The number of urea groups is 1. The number of hydrogen-bond donors (Lipinski definition) is 5. The van der Waals surface area contributed by atoms with Crippen molar-refractivity contribution in [3.05, 3.63) is 46.2 Å². The van der Waals surface area contributed by atoms with Crippen LogP contribution in [0.4, 0.5) is 4.79 Å². The molecule has 1 unspecified atom stereocenters. The number of imidazole rings is 1. The Kier molecular flexibility index (Phi) is 7.33. The number of rotatable bonds is 8. The number of aromatic nitrogens is 3. The van der Waals surface area contributed by atoms with E-state index < -0.39 is 6.17 Å². The van der Waals surface area contributed by atoms with Crippen molar-refractivity contribution < 1.29 is 9.59 Å². The Morgan fingerprint density at radius 3 is 2.81 bits per heavy atom. The molecule has 9 nitrogen and oxygen atoms in total. The zero-order valence-electron chi connectivity index (χ0n) is 18.1. The quantitative estimate of drug-likeness (QED) is 0.264. The summed E-state index contributed by atoms with van der Waals surface area (Å²) >= 11 is 1.42. The van der Waals surface area contributed by atoms with Gasteiger partial charge < -0.3 is 26.3 Å². The van der Waals surface area contributed by atoms with Crippen LogP contribution in [0.1, 0.15) is 65.2 Å². The van der Waals surface area contributed by atoms with Crippen molar-refractivity contribution >= 4 is 34.3 Å². The van der Waals surface area contributed by atoms with Gasteiger partial charge in [0.05, 0.1) is 11.0 Å². The number of fused-ring (bicyclic) bond motifs is 1. The fourth-order valence-electron chi connectivity index (χ4n) is 3.72. The molecule has 2 aromatic heterocycles. The highest BCUT2D eigenvalue weighted by atomic mass is 32.1. The predicted octanol–water partition coefficient (Wildman–Crippen LogP) is 3.01. The summed E-state index contributed by atoms with van der Waals surface area (Å²) in [5, 5.41) is 12.2. The Balaban J connectivity index is 1.49. The molecule has 0 bridgehead atoms. The van der Waals surface area contributed by atoms with Gasteiger partial charge in [0.15, 0.2) is 17.0 Å². The maximum Gasteiger partial charge on any atom is 0.316 e. The molecule has 1 atom stereocenters. The van der Waals surface area contributed by atoms with Crippen molar-refractivity contribution in [2.24, 2.45) is 0 Å². The number of para-hydroxylation sites is 2. The largest absolute Gasteiger partial charge is 0.339 e. The van der Waals surface area contributed by atoms with E-state index in [2.05, 4.69) is 43.1 Å². The molecule has 32 heavy (non-hydrogen) atoms. The number of hydrogen-bond acceptors (Lipinski definition) is 6. The number of aromatic amines is 1. The van der Waals surface area contributed by atoms with Crippen molar-refractivity contribution in [1.29, 1.82) is 0 Å². The van der Waals surface area contributed by atoms with E-state index in [1.807, 2.05) is 24.3 Å². The number of piperidine rings is 1. The SMILES string of the molecule is CCCCNC(=O)NC(NC(=O)c1ncc(C2CCNCC2)s1)c1nc2ccccc2[nH]1. The second-order valence-electron chi connectivity index (χ2n) is 7.89. The molecule has 3 aromatic rings. The summed E-state index contributed by atoms with van der Waals surface area (Å²) in [6.07, 6.45) is 4.94. The lowest BCUT2D eigenvalue weighted by molar-refractivity contribution is 0.0929. The Labute approximate surface area is 190 Å². The average Bonchev–Trinajstić information content (AvgIpc) is 3.47. The van der Waals surface area contributed by atoms with E-state index in [0.717, 1.165) is 54.7 Å². The first-order valence-corrected chi connectivity index (χ1v) is 11.9. The van der Waals surface area contributed by atoms with Crippen LogP contribution in [0.2, 0.25) is 0 Å². The van der Waals surface area contributed by atoms with Crippen LogP contribution < -0.4 is 21.3 Å². The van der Waals surface area contributed by atoms with Gasteiger partial charge >= 0.3 is 6.03 Å². The maximum absolute atomic E-state index is 13.0. The van der Waals surface area contributed by atoms with Gasteiger partial charge in [-0.05, 0) is 50.4 Å². The summed E-state index contributed by atoms with van der Waals surface area (Å²) < 4.78 is 0. The van der Waals surface area contributed by atoms with Gasteiger partial charge in [0.2, 0.25) is 0 Å². The van der Waals surface area contributed by atoms with E-state index in [-0.39, 0.29) is 11.9 Å². The minimum Gasteiger partial charge on any atom is -0.339 e. The Morgan fingerprint density at radius 1 is 1.22 bits per heavy atom. The molecule has 5 N–H and O–H groups in total. The average molecular weight is 456 g/mol. The Hall–Kier alpha value is -2.98. The monoisotopic (exact) mass is 455 g/mol. The van der Waals surface area contributed by atoms with Crippen LogP contribution in [0.5, 0.6) is 0 Å². The van der Waals surface area contributed by atoms with Crippen molar-refractivity contribution in [2.75, 3.05) is 19.6 Å². The molecule has 10 heteroatoms. The highest BCUT2D eigenvalue weighted by Gasteiger charge is 2.24. The van der Waals surface area contributed by atoms with E-state index in [9.17, 15) is 9.59 Å². The van der Waals surface area contributed by atoms with Gasteiger partial charge in [-0.15, -0.1) is 11.3 Å². The number of carbonyl (C=O) groups excluding carboxylic acids is 2. The van der Waals surface area contributed by atoms with Gasteiger partial charge in [0.25, 0.3) is 5.91 Å². The Bertz CT molecular complexity index is 1020. The number of nitrogens with zero attached hydrogens (tertiary/aromatic N) is 2. The minimum atomic E-state index is -0.817. The number of H-pyrrole nitrogens is 1. The van der Waals surface area contributed by atoms with E-state index >= 15 is 0 Å². The van der Waals surface area contributed by atoms with E-state index in [4.69, 9.17) is 0 Å². The highest BCUT2D eigenvalue weighted by molar-refractivity contribution is 7.13. The smallest absolute Gasteiger partial charge is 0.316 e. The third kappa shape index (κ3) is 5.43. The summed E-state index contributed by atoms with van der Waals surface area (Å²) in [7, 11) is 0. The second kappa shape index (κ2) is 10.6. The van der Waals surface area contributed by atoms with Gasteiger partial charge in [-0.25, -0.2) is 14.8 Å². The molecule has 3 heterocycles. The summed E-state index contributed by atoms with van der Waals surface area (Å²) in [4.78, 5) is 38.6. The van der Waals surface area contributed by atoms with Gasteiger partial charge in [0.1, 0.15) is 0 Å². The number of thiazole rings is 1. The molecule has 1 fully saturated rings. The molecule has 0 spiro atoms. The van der Waals surface area contributed by atoms with Crippen LogP contribution in [0.3, 0.4) is 0 Å². The standard InChI is InChI=1S/C22H29N7O2S/c1-2-3-10-24-22(31)29-19(18-26-15-6-4-5-7-16(15)27-18)28-20(30)21-25-13-17(32-21)14-8-11-23-12-9-14/h4-7,13-14,19,23H,2-3,8-12H2,1H3,(H,26,27)(H,28,30)(H2,24,29,31). The van der Waals surface area contributed by atoms with Gasteiger partial charge in [-0.1, -0.05) is 25.5 Å². The molecule has 1 aliphatic rings. The van der Waals surface area contributed by atoms with Crippen LogP contribution in [0.15, 0.2) is 30.5 Å². The number of benzene rings is 1. The fourth-order valence-corrected chi connectivity index (χ4v) is 4.71. The minimum absolute atomic E-state index is 0.338. The first kappa shape index (κ1) is 22.2. The van der Waals surface area contributed by atoms with Crippen LogP contribution in [-0.2, 0) is 0 Å². The van der Waals surface area contributed by atoms with Crippen molar-refractivity contribution in [2.45, 2.75) is 44.7 Å². The number of amides is 3. The lowest BCUT2D eigenvalue weighted by Gasteiger charge is -2.20. The summed E-state index contributed by atoms with van der Waals surface area (Å²) in [5.74, 6) is 0.554.